The molecule has 3 aromatic rings. The summed E-state index contributed by atoms with van der Waals surface area (Å²) in [5.74, 6) is 0.464. The number of tetrazole rings is 1. The SMILES string of the molecule is O=C(NCc1nnnn1-c1ccc(Cl)cc1)Nc1ccc(Cl)c(Cl)c1. The lowest BCUT2D eigenvalue weighted by atomic mass is 10.3. The van der Waals surface area contributed by atoms with Gasteiger partial charge >= 0.3 is 6.03 Å². The molecule has 0 fully saturated rings. The van der Waals surface area contributed by atoms with Gasteiger partial charge in [0.1, 0.15) is 0 Å². The van der Waals surface area contributed by atoms with Gasteiger partial charge in [-0.1, -0.05) is 34.8 Å². The molecule has 7 nitrogen and oxygen atoms in total. The smallest absolute Gasteiger partial charge is 0.319 e. The first-order valence-electron chi connectivity index (χ1n) is 7.06. The molecule has 25 heavy (non-hydrogen) atoms. The maximum atomic E-state index is 12.0. The van der Waals surface area contributed by atoms with E-state index in [0.717, 1.165) is 5.69 Å². The Bertz CT molecular complexity index is 897. The van der Waals surface area contributed by atoms with E-state index in [2.05, 4.69) is 26.2 Å². The Balaban J connectivity index is 1.64. The zero-order valence-electron chi connectivity index (χ0n) is 12.6. The molecule has 0 atom stereocenters. The highest BCUT2D eigenvalue weighted by Crippen LogP contribution is 2.24. The Morgan fingerprint density at radius 2 is 1.80 bits per heavy atom. The van der Waals surface area contributed by atoms with E-state index in [9.17, 15) is 4.79 Å². The lowest BCUT2D eigenvalue weighted by Crippen LogP contribution is -2.29. The molecule has 0 aliphatic carbocycles. The van der Waals surface area contributed by atoms with Crippen LogP contribution in [0.1, 0.15) is 5.82 Å². The number of nitrogens with zero attached hydrogens (tertiary/aromatic N) is 4. The second kappa shape index (κ2) is 7.69. The molecule has 10 heteroatoms. The molecular weight excluding hydrogens is 387 g/mol. The number of urea groups is 1. The third-order valence-corrected chi connectivity index (χ3v) is 4.18. The molecule has 0 saturated heterocycles. The average Bonchev–Trinajstić information content (AvgIpc) is 3.06. The van der Waals surface area contributed by atoms with E-state index in [-0.39, 0.29) is 6.54 Å². The zero-order valence-corrected chi connectivity index (χ0v) is 14.8. The predicted molar refractivity (Wildman–Crippen MR) is 96.5 cm³/mol. The van der Waals surface area contributed by atoms with Crippen LogP contribution in [0.5, 0.6) is 0 Å². The van der Waals surface area contributed by atoms with Crippen LogP contribution in [-0.4, -0.2) is 26.2 Å². The summed E-state index contributed by atoms with van der Waals surface area (Å²) >= 11 is 17.6. The molecule has 1 aromatic heterocycles. The molecule has 2 aromatic carbocycles. The van der Waals surface area contributed by atoms with E-state index >= 15 is 0 Å². The molecule has 0 unspecified atom stereocenters. The second-order valence-electron chi connectivity index (χ2n) is 4.92. The summed E-state index contributed by atoms with van der Waals surface area (Å²) in [6.07, 6.45) is 0. The van der Waals surface area contributed by atoms with Gasteiger partial charge in [0.25, 0.3) is 0 Å². The normalized spacial score (nSPS) is 10.5. The lowest BCUT2D eigenvalue weighted by Gasteiger charge is -2.09. The highest BCUT2D eigenvalue weighted by molar-refractivity contribution is 6.42. The fourth-order valence-electron chi connectivity index (χ4n) is 2.01. The quantitative estimate of drug-likeness (QED) is 0.698. The molecule has 0 aliphatic heterocycles. The first kappa shape index (κ1) is 17.5. The summed E-state index contributed by atoms with van der Waals surface area (Å²) in [4.78, 5) is 12.0. The average molecular weight is 398 g/mol. The molecule has 1 heterocycles. The molecule has 2 amide bonds. The monoisotopic (exact) mass is 396 g/mol. The van der Waals surface area contributed by atoms with Gasteiger partial charge in [0.2, 0.25) is 0 Å². The van der Waals surface area contributed by atoms with E-state index in [1.54, 1.807) is 42.5 Å². The highest BCUT2D eigenvalue weighted by Gasteiger charge is 2.10. The summed E-state index contributed by atoms with van der Waals surface area (Å²) in [6.45, 7) is 0.128. The van der Waals surface area contributed by atoms with Gasteiger partial charge in [-0.3, -0.25) is 0 Å². The Morgan fingerprint density at radius 3 is 2.52 bits per heavy atom. The van der Waals surface area contributed by atoms with Crippen molar-refractivity contribution < 1.29 is 4.79 Å². The van der Waals surface area contributed by atoms with Gasteiger partial charge in [-0.15, -0.1) is 5.10 Å². The Labute approximate surface area is 157 Å². The minimum atomic E-state index is -0.427. The molecule has 0 spiro atoms. The van der Waals surface area contributed by atoms with Crippen molar-refractivity contribution in [2.45, 2.75) is 6.54 Å². The third-order valence-electron chi connectivity index (χ3n) is 3.19. The van der Waals surface area contributed by atoms with Crippen molar-refractivity contribution in [1.82, 2.24) is 25.5 Å². The molecule has 2 N–H and O–H groups in total. The molecule has 128 valence electrons. The van der Waals surface area contributed by atoms with Gasteiger partial charge in [0.05, 0.1) is 22.3 Å². The number of aromatic nitrogens is 4. The van der Waals surface area contributed by atoms with Crippen LogP contribution >= 0.6 is 34.8 Å². The minimum absolute atomic E-state index is 0.128. The van der Waals surface area contributed by atoms with E-state index in [4.69, 9.17) is 34.8 Å². The van der Waals surface area contributed by atoms with Crippen molar-refractivity contribution in [1.29, 1.82) is 0 Å². The number of rotatable bonds is 4. The van der Waals surface area contributed by atoms with Crippen molar-refractivity contribution >= 4 is 46.5 Å². The molecular formula is C15H11Cl3N6O. The number of benzene rings is 2. The first-order valence-corrected chi connectivity index (χ1v) is 8.19. The van der Waals surface area contributed by atoms with E-state index in [1.165, 1.54) is 4.68 Å². The predicted octanol–water partition coefficient (Wildman–Crippen LogP) is 3.94. The molecule has 0 radical (unpaired) electrons. The maximum absolute atomic E-state index is 12.0. The summed E-state index contributed by atoms with van der Waals surface area (Å²) < 4.78 is 1.51. The van der Waals surface area contributed by atoms with E-state index < -0.39 is 6.03 Å². The fourth-order valence-corrected chi connectivity index (χ4v) is 2.43. The van der Waals surface area contributed by atoms with Crippen LogP contribution in [0.25, 0.3) is 5.69 Å². The number of hydrogen-bond acceptors (Lipinski definition) is 4. The van der Waals surface area contributed by atoms with Crippen LogP contribution in [0.15, 0.2) is 42.5 Å². The Kier molecular flexibility index (Phi) is 5.37. The maximum Gasteiger partial charge on any atom is 0.319 e. The van der Waals surface area contributed by atoms with Crippen LogP contribution in [0, 0.1) is 0 Å². The number of carbonyl (C=O) groups is 1. The van der Waals surface area contributed by atoms with Crippen molar-refractivity contribution in [3.05, 3.63) is 63.4 Å². The molecule has 0 bridgehead atoms. The van der Waals surface area contributed by atoms with E-state index in [1.807, 2.05) is 0 Å². The highest BCUT2D eigenvalue weighted by atomic mass is 35.5. The summed E-state index contributed by atoms with van der Waals surface area (Å²) in [7, 11) is 0. The zero-order chi connectivity index (χ0) is 17.8. The summed E-state index contributed by atoms with van der Waals surface area (Å²) in [5.41, 5.74) is 1.25. The van der Waals surface area contributed by atoms with Gasteiger partial charge < -0.3 is 10.6 Å². The third kappa shape index (κ3) is 4.39. The van der Waals surface area contributed by atoms with Crippen LogP contribution < -0.4 is 10.6 Å². The van der Waals surface area contributed by atoms with Crippen LogP contribution in [0.4, 0.5) is 10.5 Å². The molecule has 3 rings (SSSR count). The number of nitrogens with one attached hydrogen (secondary N) is 2. The topological polar surface area (TPSA) is 84.7 Å². The van der Waals surface area contributed by atoms with Crippen LogP contribution in [-0.2, 0) is 6.54 Å². The van der Waals surface area contributed by atoms with Gasteiger partial charge in [-0.05, 0) is 52.9 Å². The van der Waals surface area contributed by atoms with E-state index in [0.29, 0.717) is 26.6 Å². The fraction of sp³-hybridized carbons (Fsp3) is 0.0667. The summed E-state index contributed by atoms with van der Waals surface area (Å²) in [5, 5.41) is 18.1. The number of anilines is 1. The van der Waals surface area contributed by atoms with Gasteiger partial charge in [-0.2, -0.15) is 4.68 Å². The Morgan fingerprint density at radius 1 is 1.04 bits per heavy atom. The van der Waals surface area contributed by atoms with Crippen molar-refractivity contribution in [2.75, 3.05) is 5.32 Å². The lowest BCUT2D eigenvalue weighted by molar-refractivity contribution is 0.251. The number of halogens is 3. The largest absolute Gasteiger partial charge is 0.330 e. The molecule has 0 aliphatic rings. The van der Waals surface area contributed by atoms with Crippen molar-refractivity contribution in [3.63, 3.8) is 0 Å². The Hall–Kier alpha value is -2.35. The summed E-state index contributed by atoms with van der Waals surface area (Å²) in [6, 6.07) is 11.4. The molecule has 0 saturated carbocycles. The number of hydrogen-bond donors (Lipinski definition) is 2. The van der Waals surface area contributed by atoms with Crippen LogP contribution in [0.2, 0.25) is 15.1 Å². The standard InChI is InChI=1S/C15H11Cl3N6O/c16-9-1-4-11(5-2-9)24-14(21-22-23-24)8-19-15(25)20-10-3-6-12(17)13(18)7-10/h1-7H,8H2,(H2,19,20,25). The second-order valence-corrected chi connectivity index (χ2v) is 6.17. The minimum Gasteiger partial charge on any atom is -0.330 e. The first-order chi connectivity index (χ1) is 12.0. The van der Waals surface area contributed by atoms with Crippen molar-refractivity contribution in [3.8, 4) is 5.69 Å². The number of amides is 2. The van der Waals surface area contributed by atoms with Gasteiger partial charge in [0, 0.05) is 10.7 Å². The van der Waals surface area contributed by atoms with Crippen molar-refractivity contribution in [2.24, 2.45) is 0 Å². The van der Waals surface area contributed by atoms with Gasteiger partial charge in [-0.25, -0.2) is 4.79 Å². The van der Waals surface area contributed by atoms with Gasteiger partial charge in [0.15, 0.2) is 5.82 Å². The number of carbonyl (C=O) groups excluding carboxylic acids is 1. The van der Waals surface area contributed by atoms with Crippen LogP contribution in [0.3, 0.4) is 0 Å².